The topological polar surface area (TPSA) is 81.7 Å². The Hall–Kier alpha value is -1.67. The maximum Gasteiger partial charge on any atom is 0.234 e. The molecule has 27 heavy (non-hydrogen) atoms. The molecule has 0 radical (unpaired) electrons. The van der Waals surface area contributed by atoms with Gasteiger partial charge in [-0.05, 0) is 19.3 Å². The maximum atomic E-state index is 11.8. The van der Waals surface area contributed by atoms with Gasteiger partial charge in [0.15, 0.2) is 5.96 Å². The van der Waals surface area contributed by atoms with E-state index in [2.05, 4.69) is 57.0 Å². The van der Waals surface area contributed by atoms with E-state index >= 15 is 0 Å². The lowest BCUT2D eigenvalue weighted by atomic mass is 10.1. The van der Waals surface area contributed by atoms with Crippen molar-refractivity contribution in [2.45, 2.75) is 58.5 Å². The van der Waals surface area contributed by atoms with Crippen molar-refractivity contribution in [3.63, 3.8) is 0 Å². The van der Waals surface area contributed by atoms with E-state index in [1.54, 1.807) is 18.4 Å². The Morgan fingerprint density at radius 1 is 1.37 bits per heavy atom. The largest absolute Gasteiger partial charge is 0.355 e. The minimum Gasteiger partial charge on any atom is -0.355 e. The zero-order chi connectivity index (χ0) is 19.6. The smallest absolute Gasteiger partial charge is 0.234 e. The van der Waals surface area contributed by atoms with Crippen LogP contribution in [0.2, 0.25) is 0 Å². The molecule has 1 aromatic rings. The third-order valence-electron chi connectivity index (χ3n) is 4.59. The molecule has 0 spiro atoms. The van der Waals surface area contributed by atoms with Crippen LogP contribution in [0.1, 0.15) is 56.7 Å². The number of guanidine groups is 1. The van der Waals surface area contributed by atoms with Crippen LogP contribution in [0.15, 0.2) is 10.4 Å². The average molecular weight is 395 g/mol. The Morgan fingerprint density at radius 3 is 2.70 bits per heavy atom. The number of carbonyl (C=O) groups is 1. The van der Waals surface area contributed by atoms with Crippen molar-refractivity contribution in [2.24, 2.45) is 4.99 Å². The molecular weight excluding hydrogens is 360 g/mol. The highest BCUT2D eigenvalue weighted by Crippen LogP contribution is 2.19. The van der Waals surface area contributed by atoms with Gasteiger partial charge in [0.05, 0.1) is 23.8 Å². The number of aliphatic imine (C=N–C) groups is 1. The van der Waals surface area contributed by atoms with Gasteiger partial charge in [-0.1, -0.05) is 20.8 Å². The molecule has 0 bridgehead atoms. The molecule has 2 heterocycles. The van der Waals surface area contributed by atoms with Crippen molar-refractivity contribution in [2.75, 3.05) is 33.2 Å². The summed E-state index contributed by atoms with van der Waals surface area (Å²) in [4.78, 5) is 23.0. The summed E-state index contributed by atoms with van der Waals surface area (Å²) < 4.78 is 0. The molecule has 1 fully saturated rings. The van der Waals surface area contributed by atoms with Crippen LogP contribution in [0, 0.1) is 0 Å². The quantitative estimate of drug-likeness (QED) is 0.464. The van der Waals surface area contributed by atoms with Crippen molar-refractivity contribution in [3.8, 4) is 0 Å². The second kappa shape index (κ2) is 11.2. The number of likely N-dealkylation sites (tertiary alicyclic amines) is 1. The number of nitrogens with zero attached hydrogens (tertiary/aromatic N) is 3. The number of thiazole rings is 1. The third kappa shape index (κ3) is 7.46. The Balaban J connectivity index is 1.70. The molecule has 1 aliphatic heterocycles. The molecule has 0 atom stereocenters. The molecule has 152 valence electrons. The van der Waals surface area contributed by atoms with Gasteiger partial charge < -0.3 is 16.0 Å². The summed E-state index contributed by atoms with van der Waals surface area (Å²) in [6, 6.07) is 0.382. The van der Waals surface area contributed by atoms with Gasteiger partial charge in [0.2, 0.25) is 5.91 Å². The molecule has 1 aromatic heterocycles. The highest BCUT2D eigenvalue weighted by atomic mass is 32.1. The van der Waals surface area contributed by atoms with Gasteiger partial charge in [-0.3, -0.25) is 14.7 Å². The molecule has 2 rings (SSSR count). The van der Waals surface area contributed by atoms with E-state index in [0.29, 0.717) is 25.0 Å². The highest BCUT2D eigenvalue weighted by molar-refractivity contribution is 7.09. The van der Waals surface area contributed by atoms with Gasteiger partial charge in [-0.15, -0.1) is 11.3 Å². The summed E-state index contributed by atoms with van der Waals surface area (Å²) in [7, 11) is 1.79. The van der Waals surface area contributed by atoms with E-state index in [1.165, 1.54) is 5.01 Å². The monoisotopic (exact) mass is 394 g/mol. The van der Waals surface area contributed by atoms with E-state index in [9.17, 15) is 4.79 Å². The Labute approximate surface area is 167 Å². The van der Waals surface area contributed by atoms with E-state index in [0.717, 1.165) is 50.6 Å². The van der Waals surface area contributed by atoms with E-state index < -0.39 is 0 Å². The van der Waals surface area contributed by atoms with Crippen molar-refractivity contribution in [1.29, 1.82) is 0 Å². The van der Waals surface area contributed by atoms with Crippen LogP contribution in [-0.4, -0.2) is 61.0 Å². The summed E-state index contributed by atoms with van der Waals surface area (Å²) in [6.45, 7) is 10.2. The minimum absolute atomic E-state index is 0.129. The fraction of sp³-hybridized carbons (Fsp3) is 0.737. The summed E-state index contributed by atoms with van der Waals surface area (Å²) in [5, 5.41) is 13.1. The molecule has 1 aliphatic rings. The Morgan fingerprint density at radius 2 is 2.11 bits per heavy atom. The van der Waals surface area contributed by atoms with Crippen LogP contribution >= 0.6 is 11.3 Å². The molecule has 0 unspecified atom stereocenters. The van der Waals surface area contributed by atoms with E-state index in [1.807, 2.05) is 0 Å². The van der Waals surface area contributed by atoms with Crippen molar-refractivity contribution in [1.82, 2.24) is 25.8 Å². The van der Waals surface area contributed by atoms with Crippen LogP contribution in [0.3, 0.4) is 0 Å². The molecule has 0 aromatic carbocycles. The molecule has 1 amide bonds. The number of amides is 1. The lowest BCUT2D eigenvalue weighted by Gasteiger charge is -2.32. The summed E-state index contributed by atoms with van der Waals surface area (Å²) in [5.41, 5.74) is 1.06. The molecular formula is C19H34N6OS. The number of piperidine rings is 1. The zero-order valence-electron chi connectivity index (χ0n) is 17.0. The van der Waals surface area contributed by atoms with Gasteiger partial charge in [-0.2, -0.15) is 0 Å². The molecule has 1 saturated heterocycles. The first-order chi connectivity index (χ1) is 13.0. The van der Waals surface area contributed by atoms with Crippen molar-refractivity contribution >= 4 is 23.2 Å². The number of hydrogen-bond donors (Lipinski definition) is 3. The van der Waals surface area contributed by atoms with Crippen LogP contribution in [0.4, 0.5) is 0 Å². The Bertz CT molecular complexity index is 607. The molecule has 7 nitrogen and oxygen atoms in total. The lowest BCUT2D eigenvalue weighted by molar-refractivity contribution is -0.122. The SMILES string of the molecule is CCCNC(=O)CN1CCC(NC(=NC)NCc2csc(C(C)C)n2)CC1. The first-order valence-corrected chi connectivity index (χ1v) is 10.8. The van der Waals surface area contributed by atoms with E-state index in [4.69, 9.17) is 0 Å². The predicted octanol–water partition coefficient (Wildman–Crippen LogP) is 1.92. The normalized spacial score (nSPS) is 16.6. The number of rotatable bonds is 8. The summed E-state index contributed by atoms with van der Waals surface area (Å²) in [5.74, 6) is 1.41. The predicted molar refractivity (Wildman–Crippen MR) is 112 cm³/mol. The first-order valence-electron chi connectivity index (χ1n) is 9.92. The number of nitrogens with one attached hydrogen (secondary N) is 3. The van der Waals surface area contributed by atoms with E-state index in [-0.39, 0.29) is 5.91 Å². The standard InChI is InChI=1S/C19H34N6OS/c1-5-8-21-17(26)12-25-9-6-15(7-10-25)24-19(20-4)22-11-16-13-27-18(23-16)14(2)3/h13-15H,5-12H2,1-4H3,(H,21,26)(H2,20,22,24). The molecule has 8 heteroatoms. The first kappa shape index (κ1) is 21.6. The summed E-state index contributed by atoms with van der Waals surface area (Å²) in [6.07, 6.45) is 3.00. The number of carbonyl (C=O) groups excluding carboxylic acids is 1. The fourth-order valence-electron chi connectivity index (χ4n) is 2.99. The number of hydrogen-bond acceptors (Lipinski definition) is 5. The molecule has 0 saturated carbocycles. The van der Waals surface area contributed by atoms with Crippen molar-refractivity contribution in [3.05, 3.63) is 16.1 Å². The lowest BCUT2D eigenvalue weighted by Crippen LogP contribution is -2.50. The van der Waals surface area contributed by atoms with Gasteiger partial charge in [0.1, 0.15) is 0 Å². The third-order valence-corrected chi connectivity index (χ3v) is 5.79. The van der Waals surface area contributed by atoms with Crippen molar-refractivity contribution < 1.29 is 4.79 Å². The van der Waals surface area contributed by atoms with Gasteiger partial charge in [0, 0.05) is 44.0 Å². The minimum atomic E-state index is 0.129. The second-order valence-electron chi connectivity index (χ2n) is 7.30. The van der Waals surface area contributed by atoms with Crippen LogP contribution in [0.5, 0.6) is 0 Å². The maximum absolute atomic E-state index is 11.8. The van der Waals surface area contributed by atoms with Crippen LogP contribution in [0.25, 0.3) is 0 Å². The highest BCUT2D eigenvalue weighted by Gasteiger charge is 2.21. The van der Waals surface area contributed by atoms with Gasteiger partial charge >= 0.3 is 0 Å². The Kier molecular flexibility index (Phi) is 9.00. The molecule has 3 N–H and O–H groups in total. The van der Waals surface area contributed by atoms with Crippen LogP contribution in [-0.2, 0) is 11.3 Å². The zero-order valence-corrected chi connectivity index (χ0v) is 17.9. The average Bonchev–Trinajstić information content (AvgIpc) is 3.14. The summed E-state index contributed by atoms with van der Waals surface area (Å²) >= 11 is 1.71. The van der Waals surface area contributed by atoms with Gasteiger partial charge in [0.25, 0.3) is 0 Å². The fourth-order valence-corrected chi connectivity index (χ4v) is 3.83. The number of aromatic nitrogens is 1. The second-order valence-corrected chi connectivity index (χ2v) is 8.19. The van der Waals surface area contributed by atoms with Crippen LogP contribution < -0.4 is 16.0 Å². The molecule has 0 aliphatic carbocycles. The van der Waals surface area contributed by atoms with Gasteiger partial charge in [-0.25, -0.2) is 4.98 Å².